The quantitative estimate of drug-likeness (QED) is 0.588. The van der Waals surface area contributed by atoms with Crippen molar-refractivity contribution in [3.05, 3.63) is 0 Å². The number of fused-ring (bicyclic) bond motifs is 2. The highest BCUT2D eigenvalue weighted by Gasteiger charge is 2.55. The van der Waals surface area contributed by atoms with E-state index in [4.69, 9.17) is 14.2 Å². The predicted molar refractivity (Wildman–Crippen MR) is 72.1 cm³/mol. The smallest absolute Gasteiger partial charge is 0.309 e. The van der Waals surface area contributed by atoms with Gasteiger partial charge in [-0.05, 0) is 50.9 Å². The number of hydrogen-bond donors (Lipinski definition) is 0. The van der Waals surface area contributed by atoms with E-state index in [2.05, 4.69) is 13.8 Å². The number of epoxide rings is 2. The summed E-state index contributed by atoms with van der Waals surface area (Å²) in [6.45, 7) is 4.88. The Morgan fingerprint density at radius 1 is 1.30 bits per heavy atom. The van der Waals surface area contributed by atoms with Crippen LogP contribution in [0.5, 0.6) is 0 Å². The van der Waals surface area contributed by atoms with Gasteiger partial charge in [-0.3, -0.25) is 4.79 Å². The molecule has 0 N–H and O–H groups in total. The van der Waals surface area contributed by atoms with E-state index < -0.39 is 0 Å². The minimum Gasteiger partial charge on any atom is -0.465 e. The molecule has 2 aliphatic carbocycles. The zero-order chi connectivity index (χ0) is 13.9. The maximum atomic E-state index is 12.3. The van der Waals surface area contributed by atoms with Crippen molar-refractivity contribution in [1.29, 1.82) is 0 Å². The molecular weight excluding hydrogens is 256 g/mol. The summed E-state index contributed by atoms with van der Waals surface area (Å²) in [6.07, 6.45) is 6.44. The van der Waals surface area contributed by atoms with Gasteiger partial charge >= 0.3 is 5.97 Å². The second-order valence-corrected chi connectivity index (χ2v) is 7.38. The summed E-state index contributed by atoms with van der Waals surface area (Å²) < 4.78 is 16.9. The molecule has 0 amide bonds. The molecule has 20 heavy (non-hydrogen) atoms. The lowest BCUT2D eigenvalue weighted by molar-refractivity contribution is -0.153. The third kappa shape index (κ3) is 2.17. The van der Waals surface area contributed by atoms with Crippen molar-refractivity contribution in [1.82, 2.24) is 0 Å². The Hall–Kier alpha value is -0.610. The molecule has 4 nitrogen and oxygen atoms in total. The van der Waals surface area contributed by atoms with E-state index in [1.165, 1.54) is 0 Å². The second-order valence-electron chi connectivity index (χ2n) is 7.38. The third-order valence-electron chi connectivity index (χ3n) is 5.87. The van der Waals surface area contributed by atoms with Crippen LogP contribution in [-0.4, -0.2) is 36.5 Å². The lowest BCUT2D eigenvalue weighted by Gasteiger charge is -2.27. The summed E-state index contributed by atoms with van der Waals surface area (Å²) in [6, 6.07) is 0. The van der Waals surface area contributed by atoms with Crippen LogP contribution in [0.1, 0.15) is 46.0 Å². The summed E-state index contributed by atoms with van der Waals surface area (Å²) in [5.41, 5.74) is 0.0858. The number of hydrogen-bond acceptors (Lipinski definition) is 4. The van der Waals surface area contributed by atoms with Gasteiger partial charge in [0.2, 0.25) is 0 Å². The Morgan fingerprint density at radius 3 is 2.95 bits per heavy atom. The normalized spacial score (nSPS) is 52.7. The number of esters is 1. The first-order chi connectivity index (χ1) is 9.57. The van der Waals surface area contributed by atoms with Gasteiger partial charge < -0.3 is 14.2 Å². The van der Waals surface area contributed by atoms with Crippen LogP contribution in [0.2, 0.25) is 0 Å². The molecule has 0 radical (unpaired) electrons. The SMILES string of the molecule is CC1C(C(=O)OCC2CCC3OC3(C)C2)CCC2OC21. The molecule has 0 bridgehead atoms. The molecule has 0 aromatic carbocycles. The summed E-state index contributed by atoms with van der Waals surface area (Å²) in [5, 5.41) is 0. The largest absolute Gasteiger partial charge is 0.465 e. The average molecular weight is 280 g/mol. The minimum absolute atomic E-state index is 0.00422. The summed E-state index contributed by atoms with van der Waals surface area (Å²) in [7, 11) is 0. The summed E-state index contributed by atoms with van der Waals surface area (Å²) in [5.74, 6) is 0.839. The third-order valence-corrected chi connectivity index (χ3v) is 5.87. The number of carbonyl (C=O) groups excluding carboxylic acids is 1. The van der Waals surface area contributed by atoms with Crippen molar-refractivity contribution in [2.45, 2.75) is 69.9 Å². The van der Waals surface area contributed by atoms with Crippen LogP contribution in [0.4, 0.5) is 0 Å². The van der Waals surface area contributed by atoms with Crippen LogP contribution in [0.3, 0.4) is 0 Å². The Kier molecular flexibility index (Phi) is 2.90. The Bertz CT molecular complexity index is 423. The highest BCUT2D eigenvalue weighted by atomic mass is 16.6. The highest BCUT2D eigenvalue weighted by Crippen LogP contribution is 2.49. The van der Waals surface area contributed by atoms with Crippen molar-refractivity contribution in [3.8, 4) is 0 Å². The molecule has 7 unspecified atom stereocenters. The van der Waals surface area contributed by atoms with Crippen LogP contribution in [0, 0.1) is 17.8 Å². The predicted octanol–water partition coefficient (Wildman–Crippen LogP) is 2.30. The van der Waals surface area contributed by atoms with Crippen LogP contribution in [0.25, 0.3) is 0 Å². The van der Waals surface area contributed by atoms with Crippen LogP contribution in [0.15, 0.2) is 0 Å². The molecule has 7 atom stereocenters. The second kappa shape index (κ2) is 4.44. The van der Waals surface area contributed by atoms with E-state index in [0.717, 1.165) is 32.1 Å². The first-order valence-corrected chi connectivity index (χ1v) is 8.07. The molecule has 0 spiro atoms. The number of ether oxygens (including phenoxy) is 3. The van der Waals surface area contributed by atoms with Gasteiger partial charge in [-0.1, -0.05) is 6.92 Å². The van der Waals surface area contributed by atoms with Crippen molar-refractivity contribution < 1.29 is 19.0 Å². The lowest BCUT2D eigenvalue weighted by Crippen LogP contribution is -2.33. The molecule has 2 heterocycles. The Labute approximate surface area is 120 Å². The molecule has 2 aliphatic heterocycles. The fourth-order valence-electron chi connectivity index (χ4n) is 4.37. The molecule has 4 heteroatoms. The van der Waals surface area contributed by atoms with Gasteiger partial charge in [-0.25, -0.2) is 0 Å². The van der Waals surface area contributed by atoms with Gasteiger partial charge in [0.25, 0.3) is 0 Å². The monoisotopic (exact) mass is 280 g/mol. The standard InChI is InChI=1S/C16H24O4/c1-9-11(4-5-12-14(9)19-12)15(17)18-8-10-3-6-13-16(2,7-10)20-13/h9-14H,3-8H2,1-2H3. The topological polar surface area (TPSA) is 51.4 Å². The van der Waals surface area contributed by atoms with E-state index in [9.17, 15) is 4.79 Å². The lowest BCUT2D eigenvalue weighted by atomic mass is 9.80. The summed E-state index contributed by atoms with van der Waals surface area (Å²) >= 11 is 0. The molecule has 2 saturated carbocycles. The Morgan fingerprint density at radius 2 is 2.15 bits per heavy atom. The molecule has 2 saturated heterocycles. The number of rotatable bonds is 3. The Balaban J connectivity index is 1.27. The minimum atomic E-state index is -0.00422. The van der Waals surface area contributed by atoms with E-state index in [1.807, 2.05) is 0 Å². The van der Waals surface area contributed by atoms with Crippen molar-refractivity contribution in [2.75, 3.05) is 6.61 Å². The fourth-order valence-corrected chi connectivity index (χ4v) is 4.37. The van der Waals surface area contributed by atoms with E-state index in [-0.39, 0.29) is 17.5 Å². The van der Waals surface area contributed by atoms with Crippen LogP contribution < -0.4 is 0 Å². The van der Waals surface area contributed by atoms with Gasteiger partial charge in [0.1, 0.15) is 0 Å². The highest BCUT2D eigenvalue weighted by molar-refractivity contribution is 5.73. The van der Waals surface area contributed by atoms with Crippen molar-refractivity contribution in [3.63, 3.8) is 0 Å². The average Bonchev–Trinajstić information content (AvgIpc) is 3.29. The molecule has 112 valence electrons. The van der Waals surface area contributed by atoms with E-state index in [0.29, 0.717) is 36.8 Å². The number of carbonyl (C=O) groups is 1. The molecule has 0 aromatic rings. The van der Waals surface area contributed by atoms with Crippen LogP contribution >= 0.6 is 0 Å². The first kappa shape index (κ1) is 13.1. The van der Waals surface area contributed by atoms with E-state index in [1.54, 1.807) is 0 Å². The summed E-state index contributed by atoms with van der Waals surface area (Å²) in [4.78, 5) is 12.3. The molecule has 4 fully saturated rings. The maximum Gasteiger partial charge on any atom is 0.309 e. The molecule has 4 aliphatic rings. The maximum absolute atomic E-state index is 12.3. The van der Waals surface area contributed by atoms with Gasteiger partial charge in [-0.2, -0.15) is 0 Å². The molecule has 4 rings (SSSR count). The first-order valence-electron chi connectivity index (χ1n) is 8.07. The molecular formula is C16H24O4. The van der Waals surface area contributed by atoms with E-state index >= 15 is 0 Å². The van der Waals surface area contributed by atoms with Gasteiger partial charge in [0, 0.05) is 0 Å². The van der Waals surface area contributed by atoms with Gasteiger partial charge in [-0.15, -0.1) is 0 Å². The van der Waals surface area contributed by atoms with Crippen molar-refractivity contribution >= 4 is 5.97 Å². The van der Waals surface area contributed by atoms with Crippen LogP contribution in [-0.2, 0) is 19.0 Å². The molecule has 0 aromatic heterocycles. The van der Waals surface area contributed by atoms with Gasteiger partial charge in [0.15, 0.2) is 0 Å². The fraction of sp³-hybridized carbons (Fsp3) is 0.938. The zero-order valence-corrected chi connectivity index (χ0v) is 12.3. The van der Waals surface area contributed by atoms with Gasteiger partial charge in [0.05, 0.1) is 36.4 Å². The van der Waals surface area contributed by atoms with Crippen molar-refractivity contribution in [2.24, 2.45) is 17.8 Å². The zero-order valence-electron chi connectivity index (χ0n) is 12.3.